The molecule has 3 heteroatoms. The first-order valence-corrected chi connectivity index (χ1v) is 6.33. The largest absolute Gasteiger partial charge is 0.295 e. The molecule has 1 rings (SSSR count). The van der Waals surface area contributed by atoms with E-state index >= 15 is 0 Å². The van der Waals surface area contributed by atoms with E-state index in [9.17, 15) is 0 Å². The van der Waals surface area contributed by atoms with Crippen LogP contribution in [-0.4, -0.2) is 18.0 Å². The van der Waals surface area contributed by atoms with Crippen LogP contribution in [0.3, 0.4) is 0 Å². The molecule has 0 aliphatic carbocycles. The lowest BCUT2D eigenvalue weighted by Crippen LogP contribution is -2.23. The fourth-order valence-electron chi connectivity index (χ4n) is 1.32. The summed E-state index contributed by atoms with van der Waals surface area (Å²) in [5, 5.41) is 0. The summed E-state index contributed by atoms with van der Waals surface area (Å²) in [6.45, 7) is 11.3. The summed E-state index contributed by atoms with van der Waals surface area (Å²) in [6, 6.07) is 4.28. The lowest BCUT2D eigenvalue weighted by Gasteiger charge is -2.19. The summed E-state index contributed by atoms with van der Waals surface area (Å²) in [6.07, 6.45) is 0. The van der Waals surface area contributed by atoms with Crippen LogP contribution in [0.25, 0.3) is 0 Å². The molecular formula is C11H16BrNS. The highest BCUT2D eigenvalue weighted by Gasteiger charge is 2.05. The molecule has 78 valence electrons. The predicted octanol–water partition coefficient (Wildman–Crippen LogP) is 3.91. The Morgan fingerprint density at radius 1 is 1.57 bits per heavy atom. The second-order valence-corrected chi connectivity index (χ2v) is 6.01. The van der Waals surface area contributed by atoms with Gasteiger partial charge >= 0.3 is 0 Å². The summed E-state index contributed by atoms with van der Waals surface area (Å²) >= 11 is 5.28. The summed E-state index contributed by atoms with van der Waals surface area (Å²) in [5.74, 6) is 0. The van der Waals surface area contributed by atoms with Crippen molar-refractivity contribution in [1.82, 2.24) is 4.90 Å². The van der Waals surface area contributed by atoms with E-state index in [0.29, 0.717) is 0 Å². The molecule has 0 aliphatic rings. The van der Waals surface area contributed by atoms with E-state index in [0.717, 1.165) is 19.6 Å². The number of rotatable bonds is 5. The zero-order valence-corrected chi connectivity index (χ0v) is 11.1. The molecule has 1 aromatic heterocycles. The lowest BCUT2D eigenvalue weighted by atomic mass is 10.3. The zero-order valence-electron chi connectivity index (χ0n) is 8.72. The lowest BCUT2D eigenvalue weighted by molar-refractivity contribution is 0.307. The first kappa shape index (κ1) is 12.0. The quantitative estimate of drug-likeness (QED) is 0.736. The Labute approximate surface area is 98.6 Å². The van der Waals surface area contributed by atoms with E-state index in [2.05, 4.69) is 53.4 Å². The van der Waals surface area contributed by atoms with Crippen LogP contribution in [0.5, 0.6) is 0 Å². The Morgan fingerprint density at radius 2 is 2.29 bits per heavy atom. The monoisotopic (exact) mass is 273 g/mol. The van der Waals surface area contributed by atoms with Gasteiger partial charge in [0, 0.05) is 18.0 Å². The van der Waals surface area contributed by atoms with Crippen LogP contribution in [-0.2, 0) is 6.54 Å². The molecule has 1 aromatic rings. The summed E-state index contributed by atoms with van der Waals surface area (Å²) < 4.78 is 1.21. The highest BCUT2D eigenvalue weighted by atomic mass is 79.9. The van der Waals surface area contributed by atoms with E-state index in [4.69, 9.17) is 0 Å². The standard InChI is InChI=1S/C11H16BrNS/c1-4-13(7-9(2)3)8-10-5-6-11(12)14-10/h5-6H,2,4,7-8H2,1,3H3. The van der Waals surface area contributed by atoms with Crippen LogP contribution in [0.1, 0.15) is 18.7 Å². The molecular weight excluding hydrogens is 258 g/mol. The van der Waals surface area contributed by atoms with Gasteiger partial charge in [0.15, 0.2) is 0 Å². The molecule has 14 heavy (non-hydrogen) atoms. The number of thiophene rings is 1. The van der Waals surface area contributed by atoms with Crippen molar-refractivity contribution in [3.63, 3.8) is 0 Å². The van der Waals surface area contributed by atoms with E-state index in [1.54, 1.807) is 11.3 Å². The predicted molar refractivity (Wildman–Crippen MR) is 67.8 cm³/mol. The topological polar surface area (TPSA) is 3.24 Å². The van der Waals surface area contributed by atoms with Crippen molar-refractivity contribution in [3.05, 3.63) is 32.9 Å². The Morgan fingerprint density at radius 3 is 2.71 bits per heavy atom. The molecule has 0 N–H and O–H groups in total. The van der Waals surface area contributed by atoms with Gasteiger partial charge in [0.2, 0.25) is 0 Å². The number of nitrogens with zero attached hydrogens (tertiary/aromatic N) is 1. The van der Waals surface area contributed by atoms with Gasteiger partial charge in [-0.1, -0.05) is 19.1 Å². The molecule has 0 aromatic carbocycles. The molecule has 0 bridgehead atoms. The minimum absolute atomic E-state index is 0.992. The van der Waals surface area contributed by atoms with Crippen molar-refractivity contribution in [2.24, 2.45) is 0 Å². The third-order valence-corrected chi connectivity index (χ3v) is 3.56. The normalized spacial score (nSPS) is 10.9. The number of hydrogen-bond acceptors (Lipinski definition) is 2. The van der Waals surface area contributed by atoms with Crippen molar-refractivity contribution in [2.45, 2.75) is 20.4 Å². The van der Waals surface area contributed by atoms with Crippen molar-refractivity contribution in [1.29, 1.82) is 0 Å². The fraction of sp³-hybridized carbons (Fsp3) is 0.455. The second-order valence-electron chi connectivity index (χ2n) is 3.47. The van der Waals surface area contributed by atoms with E-state index in [-0.39, 0.29) is 0 Å². The Balaban J connectivity index is 2.52. The molecule has 0 aliphatic heterocycles. The Hall–Kier alpha value is -0.120. The van der Waals surface area contributed by atoms with Crippen LogP contribution in [0.15, 0.2) is 28.1 Å². The minimum Gasteiger partial charge on any atom is -0.295 e. The van der Waals surface area contributed by atoms with Crippen molar-refractivity contribution >= 4 is 27.3 Å². The maximum atomic E-state index is 3.94. The Kier molecular flexibility index (Phi) is 4.85. The molecule has 0 saturated carbocycles. The van der Waals surface area contributed by atoms with E-state index in [1.807, 2.05) is 0 Å². The van der Waals surface area contributed by atoms with E-state index in [1.165, 1.54) is 14.2 Å². The molecule has 1 nitrogen and oxygen atoms in total. The summed E-state index contributed by atoms with van der Waals surface area (Å²) in [7, 11) is 0. The van der Waals surface area contributed by atoms with Gasteiger partial charge in [-0.2, -0.15) is 0 Å². The molecule has 0 spiro atoms. The molecule has 0 radical (unpaired) electrons. The molecule has 0 saturated heterocycles. The highest BCUT2D eigenvalue weighted by molar-refractivity contribution is 9.11. The highest BCUT2D eigenvalue weighted by Crippen LogP contribution is 2.23. The summed E-state index contributed by atoms with van der Waals surface area (Å²) in [4.78, 5) is 3.79. The number of likely N-dealkylation sites (N-methyl/N-ethyl adjacent to an activating group) is 1. The van der Waals surface area contributed by atoms with Gasteiger partial charge in [0.25, 0.3) is 0 Å². The first-order chi connectivity index (χ1) is 6.61. The SMILES string of the molecule is C=C(C)CN(CC)Cc1ccc(Br)s1. The molecule has 1 heterocycles. The third-order valence-electron chi connectivity index (χ3n) is 1.95. The molecule has 0 unspecified atom stereocenters. The van der Waals surface area contributed by atoms with Crippen LogP contribution in [0.2, 0.25) is 0 Å². The second kappa shape index (κ2) is 5.69. The first-order valence-electron chi connectivity index (χ1n) is 4.72. The van der Waals surface area contributed by atoms with Crippen molar-refractivity contribution < 1.29 is 0 Å². The fourth-order valence-corrected chi connectivity index (χ4v) is 2.84. The molecule has 0 atom stereocenters. The average Bonchev–Trinajstić information content (AvgIpc) is 2.49. The maximum absolute atomic E-state index is 3.94. The third kappa shape index (κ3) is 3.95. The van der Waals surface area contributed by atoms with Crippen molar-refractivity contribution in [2.75, 3.05) is 13.1 Å². The van der Waals surface area contributed by atoms with Gasteiger partial charge in [0.05, 0.1) is 3.79 Å². The zero-order chi connectivity index (χ0) is 10.6. The number of halogens is 1. The van der Waals surface area contributed by atoms with Crippen LogP contribution >= 0.6 is 27.3 Å². The van der Waals surface area contributed by atoms with Gasteiger partial charge in [-0.25, -0.2) is 0 Å². The van der Waals surface area contributed by atoms with Gasteiger partial charge in [-0.15, -0.1) is 11.3 Å². The van der Waals surface area contributed by atoms with Gasteiger partial charge in [0.1, 0.15) is 0 Å². The van der Waals surface area contributed by atoms with Gasteiger partial charge in [-0.3, -0.25) is 4.90 Å². The summed E-state index contributed by atoms with van der Waals surface area (Å²) in [5.41, 5.74) is 1.22. The van der Waals surface area contributed by atoms with Crippen LogP contribution in [0, 0.1) is 0 Å². The Bertz CT molecular complexity index is 306. The van der Waals surface area contributed by atoms with Crippen molar-refractivity contribution in [3.8, 4) is 0 Å². The van der Waals surface area contributed by atoms with Crippen LogP contribution in [0.4, 0.5) is 0 Å². The molecule has 0 fully saturated rings. The van der Waals surface area contributed by atoms with Gasteiger partial charge < -0.3 is 0 Å². The smallest absolute Gasteiger partial charge is 0.0701 e. The van der Waals surface area contributed by atoms with Crippen LogP contribution < -0.4 is 0 Å². The average molecular weight is 274 g/mol. The minimum atomic E-state index is 0.992. The number of hydrogen-bond donors (Lipinski definition) is 0. The van der Waals surface area contributed by atoms with E-state index < -0.39 is 0 Å². The molecule has 0 amide bonds. The maximum Gasteiger partial charge on any atom is 0.0701 e. The van der Waals surface area contributed by atoms with Gasteiger partial charge in [-0.05, 0) is 41.5 Å².